The van der Waals surface area contributed by atoms with E-state index in [9.17, 15) is 5.21 Å². The number of H-pyrrole nitrogens is 1. The van der Waals surface area contributed by atoms with Crippen LogP contribution in [0, 0.1) is 5.21 Å². The number of hydrogen-bond donors (Lipinski definition) is 1. The van der Waals surface area contributed by atoms with Crippen molar-refractivity contribution in [2.75, 3.05) is 0 Å². The number of pyridine rings is 1. The van der Waals surface area contributed by atoms with Gasteiger partial charge < -0.3 is 5.21 Å². The lowest BCUT2D eigenvalue weighted by Gasteiger charge is -1.99. The SMILES string of the molecule is CC(C)c1cc2ccc[n+]([O-])c2[nH]1. The average Bonchev–Trinajstić information content (AvgIpc) is 2.49. The van der Waals surface area contributed by atoms with E-state index in [-0.39, 0.29) is 0 Å². The van der Waals surface area contributed by atoms with Crippen LogP contribution in [0.4, 0.5) is 0 Å². The van der Waals surface area contributed by atoms with E-state index in [4.69, 9.17) is 0 Å². The van der Waals surface area contributed by atoms with Gasteiger partial charge in [-0.25, -0.2) is 9.71 Å². The molecule has 2 rings (SSSR count). The fraction of sp³-hybridized carbons (Fsp3) is 0.300. The Morgan fingerprint density at radius 3 is 2.85 bits per heavy atom. The van der Waals surface area contributed by atoms with Gasteiger partial charge in [-0.15, -0.1) is 0 Å². The van der Waals surface area contributed by atoms with E-state index in [1.807, 2.05) is 12.1 Å². The summed E-state index contributed by atoms with van der Waals surface area (Å²) in [6.07, 6.45) is 1.50. The van der Waals surface area contributed by atoms with Crippen LogP contribution in [-0.2, 0) is 0 Å². The summed E-state index contributed by atoms with van der Waals surface area (Å²) in [5, 5.41) is 12.3. The van der Waals surface area contributed by atoms with Crippen LogP contribution in [0.1, 0.15) is 25.5 Å². The summed E-state index contributed by atoms with van der Waals surface area (Å²) in [4.78, 5) is 3.11. The molecule has 2 aromatic heterocycles. The van der Waals surface area contributed by atoms with Gasteiger partial charge in [-0.2, -0.15) is 0 Å². The van der Waals surface area contributed by atoms with Gasteiger partial charge >= 0.3 is 0 Å². The number of aromatic amines is 1. The zero-order valence-electron chi connectivity index (χ0n) is 7.74. The van der Waals surface area contributed by atoms with Crippen molar-refractivity contribution in [3.63, 3.8) is 0 Å². The molecule has 0 amide bonds. The van der Waals surface area contributed by atoms with Crippen LogP contribution < -0.4 is 4.73 Å². The highest BCUT2D eigenvalue weighted by molar-refractivity contribution is 5.73. The number of hydrogen-bond acceptors (Lipinski definition) is 1. The van der Waals surface area contributed by atoms with E-state index in [2.05, 4.69) is 18.8 Å². The maximum absolute atomic E-state index is 11.3. The first kappa shape index (κ1) is 8.10. The number of nitrogens with one attached hydrogen (secondary N) is 1. The Balaban J connectivity index is 2.68. The Kier molecular flexibility index (Phi) is 1.72. The molecule has 0 saturated carbocycles. The Morgan fingerprint density at radius 2 is 2.23 bits per heavy atom. The summed E-state index contributed by atoms with van der Waals surface area (Å²) in [7, 11) is 0. The van der Waals surface area contributed by atoms with Crippen molar-refractivity contribution in [1.29, 1.82) is 0 Å². The van der Waals surface area contributed by atoms with Crippen LogP contribution >= 0.6 is 0 Å². The second-order valence-corrected chi connectivity index (χ2v) is 3.52. The molecule has 0 fully saturated rings. The van der Waals surface area contributed by atoms with E-state index in [0.717, 1.165) is 15.8 Å². The molecule has 2 aromatic rings. The van der Waals surface area contributed by atoms with E-state index >= 15 is 0 Å². The minimum Gasteiger partial charge on any atom is -0.711 e. The third-order valence-corrected chi connectivity index (χ3v) is 2.19. The maximum atomic E-state index is 11.3. The first-order chi connectivity index (χ1) is 6.18. The summed E-state index contributed by atoms with van der Waals surface area (Å²) in [6.45, 7) is 4.19. The average molecular weight is 176 g/mol. The maximum Gasteiger partial charge on any atom is 0.289 e. The zero-order valence-corrected chi connectivity index (χ0v) is 7.74. The Labute approximate surface area is 76.6 Å². The second kappa shape index (κ2) is 2.76. The van der Waals surface area contributed by atoms with Crippen LogP contribution in [0.5, 0.6) is 0 Å². The lowest BCUT2D eigenvalue weighted by atomic mass is 10.1. The molecule has 0 atom stereocenters. The van der Waals surface area contributed by atoms with Gasteiger partial charge in [-0.1, -0.05) is 13.8 Å². The van der Waals surface area contributed by atoms with Gasteiger partial charge in [0.05, 0.1) is 11.6 Å². The summed E-state index contributed by atoms with van der Waals surface area (Å²) < 4.78 is 0.862. The molecule has 0 spiro atoms. The van der Waals surface area contributed by atoms with Crippen LogP contribution in [-0.4, -0.2) is 4.98 Å². The highest BCUT2D eigenvalue weighted by atomic mass is 16.5. The fourth-order valence-corrected chi connectivity index (χ4v) is 1.40. The van der Waals surface area contributed by atoms with Gasteiger partial charge in [0.1, 0.15) is 5.69 Å². The van der Waals surface area contributed by atoms with Crippen LogP contribution in [0.15, 0.2) is 24.4 Å². The quantitative estimate of drug-likeness (QED) is 0.523. The van der Waals surface area contributed by atoms with Crippen molar-refractivity contribution in [3.05, 3.63) is 35.3 Å². The molecule has 0 unspecified atom stereocenters. The van der Waals surface area contributed by atoms with Crippen LogP contribution in [0.3, 0.4) is 0 Å². The largest absolute Gasteiger partial charge is 0.711 e. The van der Waals surface area contributed by atoms with E-state index in [1.54, 1.807) is 6.07 Å². The molecular weight excluding hydrogens is 164 g/mol. The highest BCUT2D eigenvalue weighted by Crippen LogP contribution is 2.17. The topological polar surface area (TPSA) is 42.7 Å². The predicted octanol–water partition coefficient (Wildman–Crippen LogP) is 1.92. The fourth-order valence-electron chi connectivity index (χ4n) is 1.40. The van der Waals surface area contributed by atoms with Gasteiger partial charge in [0.25, 0.3) is 5.65 Å². The van der Waals surface area contributed by atoms with Crippen molar-refractivity contribution in [1.82, 2.24) is 4.98 Å². The molecule has 13 heavy (non-hydrogen) atoms. The molecule has 0 aromatic carbocycles. The first-order valence-electron chi connectivity index (χ1n) is 4.39. The molecule has 68 valence electrons. The van der Waals surface area contributed by atoms with Gasteiger partial charge in [0, 0.05) is 5.92 Å². The molecule has 0 aliphatic rings. The summed E-state index contributed by atoms with van der Waals surface area (Å²) in [5.74, 6) is 0.424. The Bertz CT molecular complexity index is 431. The summed E-state index contributed by atoms with van der Waals surface area (Å²) in [5.41, 5.74) is 1.75. The van der Waals surface area contributed by atoms with Gasteiger partial charge in [0.2, 0.25) is 0 Å². The summed E-state index contributed by atoms with van der Waals surface area (Å²) in [6, 6.07) is 5.72. The standard InChI is InChI=1S/C10H12N2O/c1-7(2)9-6-8-4-3-5-12(13)10(8)11-9/h3-7,11H,1-2H3. The minimum absolute atomic E-state index is 0.424. The van der Waals surface area contributed by atoms with Crippen molar-refractivity contribution in [2.45, 2.75) is 19.8 Å². The van der Waals surface area contributed by atoms with E-state index in [1.165, 1.54) is 6.20 Å². The van der Waals surface area contributed by atoms with E-state index in [0.29, 0.717) is 11.6 Å². The Hall–Kier alpha value is -1.51. The molecule has 2 heterocycles. The monoisotopic (exact) mass is 176 g/mol. The first-order valence-corrected chi connectivity index (χ1v) is 4.39. The van der Waals surface area contributed by atoms with Crippen molar-refractivity contribution < 1.29 is 4.73 Å². The van der Waals surface area contributed by atoms with Gasteiger partial charge in [-0.3, -0.25) is 0 Å². The molecule has 3 nitrogen and oxygen atoms in total. The number of aromatic nitrogens is 2. The van der Waals surface area contributed by atoms with E-state index < -0.39 is 0 Å². The van der Waals surface area contributed by atoms with Gasteiger partial charge in [-0.05, 0) is 18.2 Å². The van der Waals surface area contributed by atoms with Crippen molar-refractivity contribution in [3.8, 4) is 0 Å². The minimum atomic E-state index is 0.424. The third-order valence-electron chi connectivity index (χ3n) is 2.19. The second-order valence-electron chi connectivity index (χ2n) is 3.52. The lowest BCUT2D eigenvalue weighted by molar-refractivity contribution is -0.579. The molecule has 0 radical (unpaired) electrons. The lowest BCUT2D eigenvalue weighted by Crippen LogP contribution is -2.25. The molecule has 0 aliphatic heterocycles. The smallest absolute Gasteiger partial charge is 0.289 e. The van der Waals surface area contributed by atoms with Crippen LogP contribution in [0.2, 0.25) is 0 Å². The molecular formula is C10H12N2O. The third kappa shape index (κ3) is 1.26. The highest BCUT2D eigenvalue weighted by Gasteiger charge is 2.10. The number of nitrogens with zero attached hydrogens (tertiary/aromatic N) is 1. The van der Waals surface area contributed by atoms with Crippen molar-refractivity contribution in [2.24, 2.45) is 0 Å². The predicted molar refractivity (Wildman–Crippen MR) is 51.3 cm³/mol. The molecule has 0 saturated heterocycles. The molecule has 0 aliphatic carbocycles. The summed E-state index contributed by atoms with van der Waals surface area (Å²) >= 11 is 0. The Morgan fingerprint density at radius 1 is 1.46 bits per heavy atom. The normalized spacial score (nSPS) is 11.3. The number of rotatable bonds is 1. The number of fused-ring (bicyclic) bond motifs is 1. The molecule has 0 bridgehead atoms. The van der Waals surface area contributed by atoms with Gasteiger partial charge in [0.15, 0.2) is 0 Å². The molecule has 1 N–H and O–H groups in total. The zero-order chi connectivity index (χ0) is 9.42. The molecule has 3 heteroatoms. The van der Waals surface area contributed by atoms with Crippen LogP contribution in [0.25, 0.3) is 11.0 Å². The van der Waals surface area contributed by atoms with Crippen molar-refractivity contribution >= 4 is 11.0 Å².